The van der Waals surface area contributed by atoms with Gasteiger partial charge in [-0.2, -0.15) is 10.5 Å². The number of aromatic amines is 2. The number of H-pyrrole nitrogens is 2. The van der Waals surface area contributed by atoms with Crippen molar-refractivity contribution >= 4 is 22.2 Å². The molecule has 1 aromatic carbocycles. The van der Waals surface area contributed by atoms with Crippen LogP contribution in [-0.4, -0.2) is 25.6 Å². The molecule has 2 heterocycles. The minimum atomic E-state index is -0.374. The van der Waals surface area contributed by atoms with Crippen molar-refractivity contribution in [1.82, 2.24) is 25.6 Å². The molecule has 0 atom stereocenters. The van der Waals surface area contributed by atoms with Gasteiger partial charge in [0.25, 0.3) is 0 Å². The minimum Gasteiger partial charge on any atom is -0.360 e. The molecule has 20 heavy (non-hydrogen) atoms. The minimum absolute atomic E-state index is 0.170. The number of fused-ring (bicyclic) bond motifs is 1. The van der Waals surface area contributed by atoms with Crippen molar-refractivity contribution in [3.63, 3.8) is 0 Å². The summed E-state index contributed by atoms with van der Waals surface area (Å²) in [5.74, 6) is -0.204. The van der Waals surface area contributed by atoms with E-state index in [2.05, 4.69) is 30.9 Å². The zero-order valence-electron chi connectivity index (χ0n) is 10.1. The fourth-order valence-corrected chi connectivity index (χ4v) is 1.79. The number of hydrogen-bond donors (Lipinski definition) is 3. The van der Waals surface area contributed by atoms with Gasteiger partial charge in [-0.1, -0.05) is 0 Å². The summed E-state index contributed by atoms with van der Waals surface area (Å²) in [7, 11) is 0. The van der Waals surface area contributed by atoms with E-state index in [1.54, 1.807) is 18.3 Å². The van der Waals surface area contributed by atoms with E-state index in [9.17, 15) is 4.39 Å². The molecule has 3 N–H and O–H groups in total. The molecule has 0 aliphatic rings. The fraction of sp³-hybridized carbons (Fsp3) is 0. The molecule has 0 spiro atoms. The third-order valence-electron chi connectivity index (χ3n) is 2.70. The molecule has 0 aliphatic carbocycles. The van der Waals surface area contributed by atoms with E-state index in [-0.39, 0.29) is 17.2 Å². The Balaban J connectivity index is 1.91. The first-order chi connectivity index (χ1) is 9.78. The van der Waals surface area contributed by atoms with Crippen molar-refractivity contribution in [3.8, 4) is 6.07 Å². The summed E-state index contributed by atoms with van der Waals surface area (Å²) in [5, 5.41) is 25.6. The Labute approximate surface area is 112 Å². The van der Waals surface area contributed by atoms with Crippen molar-refractivity contribution in [2.24, 2.45) is 0 Å². The largest absolute Gasteiger partial charge is 0.360 e. The molecule has 0 fully saturated rings. The molecule has 98 valence electrons. The smallest absolute Gasteiger partial charge is 0.216 e. The van der Waals surface area contributed by atoms with Crippen LogP contribution in [-0.2, 0) is 0 Å². The van der Waals surface area contributed by atoms with Crippen molar-refractivity contribution < 1.29 is 4.39 Å². The van der Waals surface area contributed by atoms with Crippen molar-refractivity contribution in [3.05, 3.63) is 42.2 Å². The topological polar surface area (TPSA) is 106 Å². The van der Waals surface area contributed by atoms with Crippen LogP contribution in [0.15, 0.2) is 30.6 Å². The molecule has 0 aliphatic heterocycles. The molecule has 0 saturated carbocycles. The van der Waals surface area contributed by atoms with Crippen LogP contribution in [0, 0.1) is 17.1 Å². The van der Waals surface area contributed by atoms with Gasteiger partial charge in [0.2, 0.25) is 5.82 Å². The zero-order chi connectivity index (χ0) is 13.9. The summed E-state index contributed by atoms with van der Waals surface area (Å²) in [4.78, 5) is 2.81. The van der Waals surface area contributed by atoms with Crippen LogP contribution in [0.5, 0.6) is 0 Å². The Bertz CT molecular complexity index is 810. The van der Waals surface area contributed by atoms with E-state index in [1.807, 2.05) is 6.07 Å². The normalized spacial score (nSPS) is 11.5. The molecular formula is C12H8FN7. The lowest BCUT2D eigenvalue weighted by Crippen LogP contribution is -1.94. The van der Waals surface area contributed by atoms with Crippen LogP contribution in [0.2, 0.25) is 0 Å². The summed E-state index contributed by atoms with van der Waals surface area (Å²) < 4.78 is 13.8. The Morgan fingerprint density at radius 1 is 1.45 bits per heavy atom. The number of nitriles is 1. The third kappa shape index (κ3) is 2.08. The summed E-state index contributed by atoms with van der Waals surface area (Å²) in [6, 6.07) is 6.79. The maximum atomic E-state index is 13.8. The second-order valence-corrected chi connectivity index (χ2v) is 3.95. The van der Waals surface area contributed by atoms with Crippen LogP contribution in [0.4, 0.5) is 10.1 Å². The summed E-state index contributed by atoms with van der Waals surface area (Å²) in [6.07, 6.45) is 3.06. The number of anilines is 1. The second kappa shape index (κ2) is 4.81. The molecular weight excluding hydrogens is 261 g/mol. The first-order valence-electron chi connectivity index (χ1n) is 5.65. The van der Waals surface area contributed by atoms with Crippen molar-refractivity contribution in [2.75, 3.05) is 5.32 Å². The highest BCUT2D eigenvalue weighted by Gasteiger charge is 2.07. The first kappa shape index (κ1) is 11.9. The Morgan fingerprint density at radius 3 is 3.10 bits per heavy atom. The van der Waals surface area contributed by atoms with Crippen LogP contribution >= 0.6 is 0 Å². The van der Waals surface area contributed by atoms with Gasteiger partial charge in [-0.15, -0.1) is 10.2 Å². The number of rotatable bonds is 3. The standard InChI is InChI=1S/C12H8FN7/c13-10-4-9(3-7-1-2-15-11(7)10)16-6-8(5-14)12-17-19-20-18-12/h1-4,6,15-16H,(H,17,18,19,20). The van der Waals surface area contributed by atoms with Crippen molar-refractivity contribution in [1.29, 1.82) is 5.26 Å². The van der Waals surface area contributed by atoms with Gasteiger partial charge in [0, 0.05) is 23.5 Å². The monoisotopic (exact) mass is 269 g/mol. The van der Waals surface area contributed by atoms with Gasteiger partial charge in [0.1, 0.15) is 17.5 Å². The second-order valence-electron chi connectivity index (χ2n) is 3.95. The molecule has 0 bridgehead atoms. The van der Waals surface area contributed by atoms with Crippen LogP contribution in [0.3, 0.4) is 0 Å². The SMILES string of the molecule is N#CC(=CNc1cc(F)c2[nH]ccc2c1)c1nn[nH]n1. The average molecular weight is 269 g/mol. The van der Waals surface area contributed by atoms with E-state index in [0.717, 1.165) is 5.39 Å². The summed E-state index contributed by atoms with van der Waals surface area (Å²) in [5.41, 5.74) is 1.15. The Morgan fingerprint density at radius 2 is 2.35 bits per heavy atom. The summed E-state index contributed by atoms with van der Waals surface area (Å²) in [6.45, 7) is 0. The Hall–Kier alpha value is -3.21. The fourth-order valence-electron chi connectivity index (χ4n) is 1.79. The van der Waals surface area contributed by atoms with E-state index in [1.165, 1.54) is 12.3 Å². The lowest BCUT2D eigenvalue weighted by Gasteiger charge is -2.02. The number of halogens is 1. The van der Waals surface area contributed by atoms with Gasteiger partial charge in [0.15, 0.2) is 0 Å². The van der Waals surface area contributed by atoms with Gasteiger partial charge in [-0.05, 0) is 23.4 Å². The van der Waals surface area contributed by atoms with Crippen molar-refractivity contribution in [2.45, 2.75) is 0 Å². The van der Waals surface area contributed by atoms with Gasteiger partial charge in [-0.25, -0.2) is 4.39 Å². The number of nitrogens with one attached hydrogen (secondary N) is 3. The number of benzene rings is 1. The predicted molar refractivity (Wildman–Crippen MR) is 69.6 cm³/mol. The highest BCUT2D eigenvalue weighted by atomic mass is 19.1. The van der Waals surface area contributed by atoms with E-state index in [4.69, 9.17) is 5.26 Å². The van der Waals surface area contributed by atoms with E-state index >= 15 is 0 Å². The maximum absolute atomic E-state index is 13.8. The third-order valence-corrected chi connectivity index (χ3v) is 2.70. The predicted octanol–water partition coefficient (Wildman–Crippen LogP) is 1.80. The lowest BCUT2D eigenvalue weighted by atomic mass is 10.2. The van der Waals surface area contributed by atoms with Gasteiger partial charge in [-0.3, -0.25) is 0 Å². The first-order valence-corrected chi connectivity index (χ1v) is 5.65. The highest BCUT2D eigenvalue weighted by Crippen LogP contribution is 2.22. The van der Waals surface area contributed by atoms with Crippen LogP contribution < -0.4 is 5.32 Å². The van der Waals surface area contributed by atoms with Gasteiger partial charge < -0.3 is 10.3 Å². The highest BCUT2D eigenvalue weighted by molar-refractivity contribution is 5.84. The molecule has 2 aromatic heterocycles. The van der Waals surface area contributed by atoms with Crippen LogP contribution in [0.25, 0.3) is 16.5 Å². The van der Waals surface area contributed by atoms with Gasteiger partial charge >= 0.3 is 0 Å². The number of nitrogens with zero attached hydrogens (tertiary/aromatic N) is 4. The summed E-state index contributed by atoms with van der Waals surface area (Å²) >= 11 is 0. The molecule has 3 aromatic rings. The average Bonchev–Trinajstić information content (AvgIpc) is 3.10. The zero-order valence-corrected chi connectivity index (χ0v) is 10.1. The Kier molecular flexibility index (Phi) is 2.85. The maximum Gasteiger partial charge on any atom is 0.216 e. The lowest BCUT2D eigenvalue weighted by molar-refractivity contribution is 0.638. The molecule has 0 radical (unpaired) electrons. The van der Waals surface area contributed by atoms with E-state index < -0.39 is 0 Å². The molecule has 7 nitrogen and oxygen atoms in total. The number of hydrogen-bond acceptors (Lipinski definition) is 5. The van der Waals surface area contributed by atoms with Gasteiger partial charge in [0.05, 0.1) is 5.52 Å². The molecule has 0 amide bonds. The van der Waals surface area contributed by atoms with Crippen LogP contribution in [0.1, 0.15) is 5.82 Å². The quantitative estimate of drug-likeness (QED) is 0.628. The number of allylic oxidation sites excluding steroid dienone is 1. The van der Waals surface area contributed by atoms with E-state index in [0.29, 0.717) is 11.2 Å². The molecule has 3 rings (SSSR count). The molecule has 0 saturated heterocycles. The number of tetrazole rings is 1. The molecule has 8 heteroatoms. The number of aromatic nitrogens is 5. The molecule has 0 unspecified atom stereocenters.